The molecular weight excluding hydrogens is 226 g/mol. The van der Waals surface area contributed by atoms with Crippen LogP contribution in [0.1, 0.15) is 21.5 Å². The van der Waals surface area contributed by atoms with E-state index in [0.717, 1.165) is 16.8 Å². The molecule has 2 aromatic carbocycles. The van der Waals surface area contributed by atoms with Gasteiger partial charge in [0.2, 0.25) is 0 Å². The van der Waals surface area contributed by atoms with Crippen LogP contribution >= 0.6 is 0 Å². The largest absolute Gasteiger partial charge is 0.508 e. The summed E-state index contributed by atoms with van der Waals surface area (Å²) in [5, 5.41) is 12.1. The van der Waals surface area contributed by atoms with E-state index in [-0.39, 0.29) is 11.7 Å². The number of hydrogen-bond donors (Lipinski definition) is 2. The molecule has 0 aliphatic rings. The summed E-state index contributed by atoms with van der Waals surface area (Å²) in [5.41, 5.74) is 3.43. The van der Waals surface area contributed by atoms with Gasteiger partial charge in [0, 0.05) is 11.3 Å². The molecule has 0 atom stereocenters. The van der Waals surface area contributed by atoms with Gasteiger partial charge in [0.05, 0.1) is 0 Å². The topological polar surface area (TPSA) is 49.3 Å². The highest BCUT2D eigenvalue weighted by Gasteiger charge is 2.09. The van der Waals surface area contributed by atoms with Gasteiger partial charge in [-0.3, -0.25) is 4.79 Å². The molecule has 0 saturated carbocycles. The molecule has 0 fully saturated rings. The average molecular weight is 241 g/mol. The van der Waals surface area contributed by atoms with E-state index in [1.54, 1.807) is 12.1 Å². The number of hydrogen-bond acceptors (Lipinski definition) is 2. The first kappa shape index (κ1) is 12.2. The number of benzene rings is 2. The van der Waals surface area contributed by atoms with Crippen molar-refractivity contribution in [1.29, 1.82) is 0 Å². The van der Waals surface area contributed by atoms with Crippen LogP contribution in [0.25, 0.3) is 0 Å². The lowest BCUT2D eigenvalue weighted by Gasteiger charge is -2.11. The van der Waals surface area contributed by atoms with Crippen LogP contribution in [-0.2, 0) is 0 Å². The van der Waals surface area contributed by atoms with E-state index in [0.29, 0.717) is 5.56 Å². The van der Waals surface area contributed by atoms with Crippen LogP contribution in [0, 0.1) is 13.8 Å². The first-order chi connectivity index (χ1) is 8.58. The standard InChI is InChI=1S/C15H15NO2/c1-10-4-3-5-11(2)14(10)16-15(18)12-6-8-13(17)9-7-12/h3-9,17H,1-2H3,(H,16,18). The first-order valence-corrected chi connectivity index (χ1v) is 5.74. The Kier molecular flexibility index (Phi) is 3.33. The Morgan fingerprint density at radius 3 is 2.11 bits per heavy atom. The van der Waals surface area contributed by atoms with Gasteiger partial charge in [-0.25, -0.2) is 0 Å². The van der Waals surface area contributed by atoms with Crippen LogP contribution in [0.3, 0.4) is 0 Å². The highest BCUT2D eigenvalue weighted by Crippen LogP contribution is 2.20. The molecule has 2 aromatic rings. The van der Waals surface area contributed by atoms with E-state index in [2.05, 4.69) is 5.32 Å². The van der Waals surface area contributed by atoms with Crippen LogP contribution in [0.4, 0.5) is 5.69 Å². The van der Waals surface area contributed by atoms with Crippen LogP contribution in [0.15, 0.2) is 42.5 Å². The van der Waals surface area contributed by atoms with Crippen molar-refractivity contribution in [1.82, 2.24) is 0 Å². The Labute approximate surface area is 106 Å². The number of nitrogens with one attached hydrogen (secondary N) is 1. The molecule has 2 rings (SSSR count). The van der Waals surface area contributed by atoms with Crippen molar-refractivity contribution in [2.45, 2.75) is 13.8 Å². The van der Waals surface area contributed by atoms with Gasteiger partial charge in [0.25, 0.3) is 5.91 Å². The van der Waals surface area contributed by atoms with Crippen molar-refractivity contribution >= 4 is 11.6 Å². The lowest BCUT2D eigenvalue weighted by molar-refractivity contribution is 0.102. The van der Waals surface area contributed by atoms with Crippen LogP contribution < -0.4 is 5.32 Å². The molecule has 0 aliphatic heterocycles. The molecule has 2 N–H and O–H groups in total. The SMILES string of the molecule is Cc1cccc(C)c1NC(=O)c1ccc(O)cc1. The molecular formula is C15H15NO2. The smallest absolute Gasteiger partial charge is 0.255 e. The lowest BCUT2D eigenvalue weighted by Crippen LogP contribution is -2.13. The zero-order valence-corrected chi connectivity index (χ0v) is 10.4. The molecule has 1 amide bonds. The highest BCUT2D eigenvalue weighted by atomic mass is 16.3. The lowest BCUT2D eigenvalue weighted by atomic mass is 10.1. The van der Waals surface area contributed by atoms with E-state index < -0.39 is 0 Å². The number of amides is 1. The third-order valence-electron chi connectivity index (χ3n) is 2.85. The van der Waals surface area contributed by atoms with Gasteiger partial charge < -0.3 is 10.4 Å². The number of carbonyl (C=O) groups excluding carboxylic acids is 1. The molecule has 3 nitrogen and oxygen atoms in total. The molecule has 18 heavy (non-hydrogen) atoms. The summed E-state index contributed by atoms with van der Waals surface area (Å²) in [5.74, 6) is -0.0222. The second-order valence-electron chi connectivity index (χ2n) is 4.27. The number of rotatable bonds is 2. The number of para-hydroxylation sites is 1. The average Bonchev–Trinajstić information content (AvgIpc) is 2.34. The van der Waals surface area contributed by atoms with Crippen molar-refractivity contribution in [3.8, 4) is 5.75 Å². The Balaban J connectivity index is 2.24. The zero-order chi connectivity index (χ0) is 13.1. The van der Waals surface area contributed by atoms with Gasteiger partial charge >= 0.3 is 0 Å². The molecule has 0 heterocycles. The number of aromatic hydroxyl groups is 1. The number of phenolic OH excluding ortho intramolecular Hbond substituents is 1. The third kappa shape index (κ3) is 2.51. The maximum atomic E-state index is 12.0. The molecule has 0 spiro atoms. The van der Waals surface area contributed by atoms with Crippen molar-refractivity contribution in [3.63, 3.8) is 0 Å². The zero-order valence-electron chi connectivity index (χ0n) is 10.4. The van der Waals surface area contributed by atoms with E-state index in [4.69, 9.17) is 0 Å². The van der Waals surface area contributed by atoms with Crippen LogP contribution in [0.2, 0.25) is 0 Å². The molecule has 0 unspecified atom stereocenters. The molecule has 92 valence electrons. The molecule has 0 aromatic heterocycles. The van der Waals surface area contributed by atoms with E-state index >= 15 is 0 Å². The summed E-state index contributed by atoms with van der Waals surface area (Å²) in [7, 11) is 0. The third-order valence-corrected chi connectivity index (χ3v) is 2.85. The summed E-state index contributed by atoms with van der Waals surface area (Å²) in [6, 6.07) is 12.1. The summed E-state index contributed by atoms with van der Waals surface area (Å²) < 4.78 is 0. The fraction of sp³-hybridized carbons (Fsp3) is 0.133. The van der Waals surface area contributed by atoms with Gasteiger partial charge in [-0.2, -0.15) is 0 Å². The minimum atomic E-state index is -0.174. The van der Waals surface area contributed by atoms with Gasteiger partial charge in [0.15, 0.2) is 0 Å². The maximum absolute atomic E-state index is 12.0. The summed E-state index contributed by atoms with van der Waals surface area (Å²) >= 11 is 0. The summed E-state index contributed by atoms with van der Waals surface area (Å²) in [6.45, 7) is 3.92. The number of phenols is 1. The number of anilines is 1. The van der Waals surface area contributed by atoms with Gasteiger partial charge in [-0.1, -0.05) is 18.2 Å². The van der Waals surface area contributed by atoms with E-state index in [9.17, 15) is 9.90 Å². The second kappa shape index (κ2) is 4.92. The first-order valence-electron chi connectivity index (χ1n) is 5.74. The van der Waals surface area contributed by atoms with Gasteiger partial charge in [-0.05, 0) is 49.2 Å². The Bertz CT molecular complexity index is 553. The Morgan fingerprint density at radius 2 is 1.56 bits per heavy atom. The summed E-state index contributed by atoms with van der Waals surface area (Å²) in [6.07, 6.45) is 0. The Hall–Kier alpha value is -2.29. The molecule has 0 bridgehead atoms. The second-order valence-corrected chi connectivity index (χ2v) is 4.27. The summed E-state index contributed by atoms with van der Waals surface area (Å²) in [4.78, 5) is 12.0. The Morgan fingerprint density at radius 1 is 1.00 bits per heavy atom. The van der Waals surface area contributed by atoms with E-state index in [1.165, 1.54) is 12.1 Å². The fourth-order valence-electron chi connectivity index (χ4n) is 1.81. The number of aryl methyl sites for hydroxylation is 2. The van der Waals surface area contributed by atoms with Crippen molar-refractivity contribution in [2.75, 3.05) is 5.32 Å². The van der Waals surface area contributed by atoms with Crippen LogP contribution in [-0.4, -0.2) is 11.0 Å². The molecule has 0 radical (unpaired) electrons. The predicted octanol–water partition coefficient (Wildman–Crippen LogP) is 3.26. The van der Waals surface area contributed by atoms with Crippen LogP contribution in [0.5, 0.6) is 5.75 Å². The monoisotopic (exact) mass is 241 g/mol. The molecule has 0 saturated heterocycles. The highest BCUT2D eigenvalue weighted by molar-refractivity contribution is 6.05. The van der Waals surface area contributed by atoms with Crippen molar-refractivity contribution < 1.29 is 9.90 Å². The molecule has 3 heteroatoms. The minimum Gasteiger partial charge on any atom is -0.508 e. The predicted molar refractivity (Wildman–Crippen MR) is 72.0 cm³/mol. The van der Waals surface area contributed by atoms with E-state index in [1.807, 2.05) is 32.0 Å². The minimum absolute atomic E-state index is 0.152. The fourth-order valence-corrected chi connectivity index (χ4v) is 1.81. The quantitative estimate of drug-likeness (QED) is 0.847. The number of carbonyl (C=O) groups is 1. The van der Waals surface area contributed by atoms with Gasteiger partial charge in [-0.15, -0.1) is 0 Å². The maximum Gasteiger partial charge on any atom is 0.255 e. The van der Waals surface area contributed by atoms with Crippen molar-refractivity contribution in [2.24, 2.45) is 0 Å². The molecule has 0 aliphatic carbocycles. The normalized spacial score (nSPS) is 10.1. The van der Waals surface area contributed by atoms with Crippen molar-refractivity contribution in [3.05, 3.63) is 59.2 Å². The van der Waals surface area contributed by atoms with Gasteiger partial charge in [0.1, 0.15) is 5.75 Å².